The summed E-state index contributed by atoms with van der Waals surface area (Å²) in [7, 11) is 0. The number of nitrogens with two attached hydrogens (primary N) is 1. The molecule has 2 amide bonds. The van der Waals surface area contributed by atoms with Crippen molar-refractivity contribution < 1.29 is 9.59 Å². The molecular formula is C14H20N2O2S2. The number of hydrogen-bond donors (Lipinski definition) is 2. The highest BCUT2D eigenvalue weighted by Gasteiger charge is 2.27. The Morgan fingerprint density at radius 1 is 1.50 bits per heavy atom. The third-order valence-electron chi connectivity index (χ3n) is 3.54. The number of carbonyl (C=O) groups is 2. The quantitative estimate of drug-likeness (QED) is 0.878. The summed E-state index contributed by atoms with van der Waals surface area (Å²) in [5.41, 5.74) is 7.10. The Hall–Kier alpha value is -1.01. The Kier molecular flexibility index (Phi) is 5.10. The number of rotatable bonds is 5. The molecule has 0 saturated carbocycles. The highest BCUT2D eigenvalue weighted by molar-refractivity contribution is 7.98. The lowest BCUT2D eigenvalue weighted by atomic mass is 9.88. The van der Waals surface area contributed by atoms with E-state index >= 15 is 0 Å². The van der Waals surface area contributed by atoms with E-state index in [2.05, 4.69) is 12.2 Å². The maximum absolute atomic E-state index is 11.9. The molecule has 4 nitrogen and oxygen atoms in total. The van der Waals surface area contributed by atoms with Gasteiger partial charge in [0.1, 0.15) is 5.00 Å². The van der Waals surface area contributed by atoms with Gasteiger partial charge in [0.2, 0.25) is 5.91 Å². The van der Waals surface area contributed by atoms with Gasteiger partial charge in [-0.05, 0) is 37.0 Å². The molecule has 0 fully saturated rings. The Labute approximate surface area is 127 Å². The first-order chi connectivity index (χ1) is 9.52. The molecule has 2 rings (SSSR count). The molecule has 3 N–H and O–H groups in total. The molecule has 110 valence electrons. The number of anilines is 1. The molecule has 1 heterocycles. The average Bonchev–Trinajstić information content (AvgIpc) is 2.73. The third-order valence-corrected chi connectivity index (χ3v) is 5.33. The van der Waals surface area contributed by atoms with E-state index in [-0.39, 0.29) is 5.91 Å². The molecule has 0 aliphatic heterocycles. The highest BCUT2D eigenvalue weighted by Crippen LogP contribution is 2.39. The van der Waals surface area contributed by atoms with E-state index in [1.807, 2.05) is 6.26 Å². The van der Waals surface area contributed by atoms with E-state index in [1.54, 1.807) is 11.8 Å². The van der Waals surface area contributed by atoms with Crippen LogP contribution in [0.1, 0.15) is 40.6 Å². The first-order valence-electron chi connectivity index (χ1n) is 6.76. The summed E-state index contributed by atoms with van der Waals surface area (Å²) in [6.45, 7) is 2.21. The van der Waals surface area contributed by atoms with Crippen LogP contribution < -0.4 is 11.1 Å². The number of amides is 2. The van der Waals surface area contributed by atoms with Gasteiger partial charge in [0.15, 0.2) is 0 Å². The number of nitrogens with one attached hydrogen (secondary N) is 1. The molecule has 0 radical (unpaired) electrons. The van der Waals surface area contributed by atoms with Gasteiger partial charge in [0, 0.05) is 17.1 Å². The van der Waals surface area contributed by atoms with Crippen molar-refractivity contribution in [3.63, 3.8) is 0 Å². The number of carbonyl (C=O) groups excluding carboxylic acids is 2. The largest absolute Gasteiger partial charge is 0.365 e. The first-order valence-corrected chi connectivity index (χ1v) is 8.97. The molecular weight excluding hydrogens is 292 g/mol. The van der Waals surface area contributed by atoms with Crippen LogP contribution in [0.5, 0.6) is 0 Å². The third kappa shape index (κ3) is 3.35. The number of fused-ring (bicyclic) bond motifs is 1. The first kappa shape index (κ1) is 15.4. The van der Waals surface area contributed by atoms with Gasteiger partial charge >= 0.3 is 0 Å². The fourth-order valence-corrected chi connectivity index (χ4v) is 4.31. The van der Waals surface area contributed by atoms with E-state index in [0.717, 1.165) is 30.6 Å². The van der Waals surface area contributed by atoms with E-state index < -0.39 is 5.91 Å². The molecule has 0 aromatic carbocycles. The minimum absolute atomic E-state index is 0.0477. The summed E-state index contributed by atoms with van der Waals surface area (Å²) < 4.78 is 0. The summed E-state index contributed by atoms with van der Waals surface area (Å²) in [6, 6.07) is 0. The molecule has 1 aliphatic rings. The van der Waals surface area contributed by atoms with Crippen molar-refractivity contribution in [3.05, 3.63) is 16.0 Å². The maximum atomic E-state index is 11.9. The minimum Gasteiger partial charge on any atom is -0.365 e. The Balaban J connectivity index is 2.24. The van der Waals surface area contributed by atoms with Crippen LogP contribution >= 0.6 is 23.1 Å². The van der Waals surface area contributed by atoms with Crippen molar-refractivity contribution in [3.8, 4) is 0 Å². The van der Waals surface area contributed by atoms with Gasteiger partial charge in [-0.15, -0.1) is 11.3 Å². The molecule has 1 aliphatic carbocycles. The second kappa shape index (κ2) is 6.63. The van der Waals surface area contributed by atoms with Crippen LogP contribution in [0.3, 0.4) is 0 Å². The number of primary amides is 1. The predicted molar refractivity (Wildman–Crippen MR) is 85.7 cm³/mol. The second-order valence-electron chi connectivity index (χ2n) is 5.21. The zero-order valence-corrected chi connectivity index (χ0v) is 13.5. The van der Waals surface area contributed by atoms with E-state index in [9.17, 15) is 9.59 Å². The summed E-state index contributed by atoms with van der Waals surface area (Å²) in [5, 5.41) is 3.51. The van der Waals surface area contributed by atoms with Gasteiger partial charge in [-0.1, -0.05) is 6.92 Å². The van der Waals surface area contributed by atoms with Crippen LogP contribution in [0, 0.1) is 5.92 Å². The van der Waals surface area contributed by atoms with Crippen LogP contribution in [-0.4, -0.2) is 23.8 Å². The SMILES string of the molecule is CSCCC(=O)Nc1sc2c(c1C(N)=O)CCC(C)C2. The molecule has 20 heavy (non-hydrogen) atoms. The molecule has 0 saturated heterocycles. The highest BCUT2D eigenvalue weighted by atomic mass is 32.2. The Morgan fingerprint density at radius 2 is 2.25 bits per heavy atom. The standard InChI is InChI=1S/C14H20N2O2S2/c1-8-3-4-9-10(7-8)20-14(12(9)13(15)18)16-11(17)5-6-19-2/h8H,3-7H2,1-2H3,(H2,15,18)(H,16,17). The van der Waals surface area contributed by atoms with Crippen molar-refractivity contribution in [1.29, 1.82) is 0 Å². The van der Waals surface area contributed by atoms with Crippen molar-refractivity contribution in [1.82, 2.24) is 0 Å². The Bertz CT molecular complexity index is 525. The Morgan fingerprint density at radius 3 is 2.90 bits per heavy atom. The van der Waals surface area contributed by atoms with Crippen LogP contribution in [0.4, 0.5) is 5.00 Å². The van der Waals surface area contributed by atoms with Gasteiger partial charge < -0.3 is 11.1 Å². The molecule has 1 unspecified atom stereocenters. The maximum Gasteiger partial charge on any atom is 0.251 e. The van der Waals surface area contributed by atoms with E-state index in [1.165, 1.54) is 16.2 Å². The average molecular weight is 312 g/mol. The van der Waals surface area contributed by atoms with Gasteiger partial charge in [-0.25, -0.2) is 0 Å². The smallest absolute Gasteiger partial charge is 0.251 e. The zero-order valence-electron chi connectivity index (χ0n) is 11.8. The molecule has 1 atom stereocenters. The van der Waals surface area contributed by atoms with Gasteiger partial charge in [-0.3, -0.25) is 9.59 Å². The van der Waals surface area contributed by atoms with Crippen LogP contribution in [-0.2, 0) is 17.6 Å². The minimum atomic E-state index is -0.433. The number of hydrogen-bond acceptors (Lipinski definition) is 4. The van der Waals surface area contributed by atoms with E-state index in [0.29, 0.717) is 22.9 Å². The normalized spacial score (nSPS) is 17.6. The summed E-state index contributed by atoms with van der Waals surface area (Å²) in [6.07, 6.45) is 5.35. The molecule has 6 heteroatoms. The summed E-state index contributed by atoms with van der Waals surface area (Å²) in [4.78, 5) is 24.8. The monoisotopic (exact) mass is 312 g/mol. The lowest BCUT2D eigenvalue weighted by Crippen LogP contribution is -2.19. The fraction of sp³-hybridized carbons (Fsp3) is 0.571. The van der Waals surface area contributed by atoms with Gasteiger partial charge in [-0.2, -0.15) is 11.8 Å². The van der Waals surface area contributed by atoms with Gasteiger partial charge in [0.25, 0.3) is 5.91 Å². The van der Waals surface area contributed by atoms with Crippen molar-refractivity contribution in [2.45, 2.75) is 32.6 Å². The fourth-order valence-electron chi connectivity index (χ4n) is 2.48. The lowest BCUT2D eigenvalue weighted by molar-refractivity contribution is -0.115. The second-order valence-corrected chi connectivity index (χ2v) is 7.30. The molecule has 1 aromatic heterocycles. The zero-order chi connectivity index (χ0) is 14.7. The predicted octanol–water partition coefficient (Wildman–Crippen LogP) is 2.66. The lowest BCUT2D eigenvalue weighted by Gasteiger charge is -2.18. The van der Waals surface area contributed by atoms with Crippen LogP contribution in [0.2, 0.25) is 0 Å². The summed E-state index contributed by atoms with van der Waals surface area (Å²) >= 11 is 3.15. The van der Waals surface area contributed by atoms with Crippen LogP contribution in [0.25, 0.3) is 0 Å². The molecule has 0 spiro atoms. The number of thiophene rings is 1. The van der Waals surface area contributed by atoms with Crippen molar-refractivity contribution in [2.75, 3.05) is 17.3 Å². The van der Waals surface area contributed by atoms with Crippen LogP contribution in [0.15, 0.2) is 0 Å². The van der Waals surface area contributed by atoms with Crippen molar-refractivity contribution >= 4 is 39.9 Å². The molecule has 0 bridgehead atoms. The van der Waals surface area contributed by atoms with Crippen molar-refractivity contribution in [2.24, 2.45) is 11.7 Å². The van der Waals surface area contributed by atoms with E-state index in [4.69, 9.17) is 5.73 Å². The number of thioether (sulfide) groups is 1. The van der Waals surface area contributed by atoms with Gasteiger partial charge in [0.05, 0.1) is 5.56 Å². The molecule has 1 aromatic rings. The summed E-state index contributed by atoms with van der Waals surface area (Å²) in [5.74, 6) is 0.924. The topological polar surface area (TPSA) is 72.2 Å².